The van der Waals surface area contributed by atoms with E-state index in [1.54, 1.807) is 11.8 Å². The molecule has 0 amide bonds. The van der Waals surface area contributed by atoms with Crippen LogP contribution < -0.4 is 10.3 Å². The van der Waals surface area contributed by atoms with Crippen LogP contribution in [0.1, 0.15) is 6.42 Å². The van der Waals surface area contributed by atoms with Crippen molar-refractivity contribution in [3.63, 3.8) is 0 Å². The molecule has 1 heterocycles. The molecule has 0 unspecified atom stereocenters. The van der Waals surface area contributed by atoms with Gasteiger partial charge in [-0.3, -0.25) is 5.01 Å². The molecule has 4 heteroatoms. The fourth-order valence-electron chi connectivity index (χ4n) is 1.59. The van der Waals surface area contributed by atoms with Gasteiger partial charge in [-0.2, -0.15) is 5.10 Å². The zero-order chi connectivity index (χ0) is 10.7. The minimum absolute atomic E-state index is 0.966. The summed E-state index contributed by atoms with van der Waals surface area (Å²) in [5.41, 5.74) is 1.17. The lowest BCUT2D eigenvalue weighted by molar-refractivity contribution is 0.919. The number of rotatable bonds is 2. The van der Waals surface area contributed by atoms with E-state index in [0.29, 0.717) is 0 Å². The van der Waals surface area contributed by atoms with E-state index in [-0.39, 0.29) is 0 Å². The maximum atomic E-state index is 4.48. The van der Waals surface area contributed by atoms with Crippen molar-refractivity contribution in [2.75, 3.05) is 24.9 Å². The molecule has 0 bridgehead atoms. The molecule has 3 nitrogen and oxygen atoms in total. The van der Waals surface area contributed by atoms with Crippen LogP contribution in [-0.4, -0.2) is 25.7 Å². The SMILES string of the molecule is CNC1=NN(c2cccc(SC)c2)CC1. The average Bonchev–Trinajstić information content (AvgIpc) is 2.78. The van der Waals surface area contributed by atoms with Gasteiger partial charge in [-0.05, 0) is 24.5 Å². The van der Waals surface area contributed by atoms with Gasteiger partial charge >= 0.3 is 0 Å². The highest BCUT2D eigenvalue weighted by molar-refractivity contribution is 7.98. The molecule has 0 radical (unpaired) electrons. The van der Waals surface area contributed by atoms with Gasteiger partial charge in [0.25, 0.3) is 0 Å². The van der Waals surface area contributed by atoms with E-state index in [2.05, 4.69) is 40.9 Å². The smallest absolute Gasteiger partial charge is 0.124 e. The Morgan fingerprint density at radius 2 is 2.33 bits per heavy atom. The lowest BCUT2D eigenvalue weighted by atomic mass is 10.3. The Morgan fingerprint density at radius 1 is 1.47 bits per heavy atom. The molecule has 0 aliphatic carbocycles. The summed E-state index contributed by atoms with van der Waals surface area (Å²) in [4.78, 5) is 1.28. The van der Waals surface area contributed by atoms with E-state index in [1.807, 2.05) is 12.1 Å². The van der Waals surface area contributed by atoms with E-state index in [9.17, 15) is 0 Å². The van der Waals surface area contributed by atoms with Crippen molar-refractivity contribution < 1.29 is 0 Å². The van der Waals surface area contributed by atoms with Gasteiger partial charge in [0.05, 0.1) is 5.69 Å². The Morgan fingerprint density at radius 3 is 3.00 bits per heavy atom. The lowest BCUT2D eigenvalue weighted by Gasteiger charge is -2.13. The van der Waals surface area contributed by atoms with Gasteiger partial charge in [0, 0.05) is 24.9 Å². The molecule has 0 atom stereocenters. The maximum Gasteiger partial charge on any atom is 0.124 e. The molecule has 0 saturated carbocycles. The summed E-state index contributed by atoms with van der Waals surface area (Å²) in [5, 5.41) is 9.62. The summed E-state index contributed by atoms with van der Waals surface area (Å²) in [6.45, 7) is 0.966. The van der Waals surface area contributed by atoms with E-state index in [1.165, 1.54) is 10.6 Å². The molecule has 0 spiro atoms. The number of thioether (sulfide) groups is 1. The van der Waals surface area contributed by atoms with Gasteiger partial charge in [-0.1, -0.05) is 6.07 Å². The fraction of sp³-hybridized carbons (Fsp3) is 0.364. The normalized spacial score (nSPS) is 15.3. The van der Waals surface area contributed by atoms with Crippen molar-refractivity contribution in [2.24, 2.45) is 5.10 Å². The Kier molecular flexibility index (Phi) is 3.16. The first-order valence-electron chi connectivity index (χ1n) is 5.00. The monoisotopic (exact) mass is 221 g/mol. The van der Waals surface area contributed by atoms with Gasteiger partial charge < -0.3 is 5.32 Å². The molecule has 0 aromatic heterocycles. The molecule has 1 aliphatic heterocycles. The van der Waals surface area contributed by atoms with Crippen LogP contribution in [0.2, 0.25) is 0 Å². The molecule has 1 aromatic carbocycles. The summed E-state index contributed by atoms with van der Waals surface area (Å²) in [7, 11) is 1.92. The first kappa shape index (κ1) is 10.4. The van der Waals surface area contributed by atoms with E-state index < -0.39 is 0 Å². The van der Waals surface area contributed by atoms with Gasteiger partial charge in [0.1, 0.15) is 5.84 Å². The van der Waals surface area contributed by atoms with Crippen LogP contribution in [0.25, 0.3) is 0 Å². The van der Waals surface area contributed by atoms with Gasteiger partial charge in [-0.15, -0.1) is 11.8 Å². The minimum atomic E-state index is 0.966. The first-order valence-corrected chi connectivity index (χ1v) is 6.23. The van der Waals surface area contributed by atoms with E-state index in [4.69, 9.17) is 0 Å². The summed E-state index contributed by atoms with van der Waals surface area (Å²) in [6, 6.07) is 8.47. The molecular formula is C11H15N3S. The van der Waals surface area contributed by atoms with Crippen LogP contribution in [0.4, 0.5) is 5.69 Å². The Bertz CT molecular complexity index is 376. The zero-order valence-corrected chi connectivity index (χ0v) is 9.84. The van der Waals surface area contributed by atoms with Crippen LogP contribution in [-0.2, 0) is 0 Å². The second-order valence-corrected chi connectivity index (χ2v) is 4.25. The van der Waals surface area contributed by atoms with Crippen LogP contribution in [0.3, 0.4) is 0 Å². The van der Waals surface area contributed by atoms with Gasteiger partial charge in [0.2, 0.25) is 0 Å². The summed E-state index contributed by atoms with van der Waals surface area (Å²) in [5.74, 6) is 1.06. The standard InChI is InChI=1S/C11H15N3S/c1-12-11-6-7-14(13-11)9-4-3-5-10(8-9)15-2/h3-5,8H,6-7H2,1-2H3,(H,12,13). The fourth-order valence-corrected chi connectivity index (χ4v) is 2.04. The molecule has 15 heavy (non-hydrogen) atoms. The molecule has 0 saturated heterocycles. The number of anilines is 1. The van der Waals surface area contributed by atoms with E-state index in [0.717, 1.165) is 18.8 Å². The number of hydrogen-bond donors (Lipinski definition) is 1. The summed E-state index contributed by atoms with van der Waals surface area (Å²) < 4.78 is 0. The van der Waals surface area contributed by atoms with Crippen molar-refractivity contribution in [1.82, 2.24) is 5.32 Å². The first-order chi connectivity index (χ1) is 7.33. The second kappa shape index (κ2) is 4.57. The summed E-state index contributed by atoms with van der Waals surface area (Å²) in [6.07, 6.45) is 3.09. The number of nitrogens with zero attached hydrogens (tertiary/aromatic N) is 2. The highest BCUT2D eigenvalue weighted by Crippen LogP contribution is 2.24. The molecule has 1 N–H and O–H groups in total. The predicted molar refractivity (Wildman–Crippen MR) is 66.7 cm³/mol. The van der Waals surface area contributed by atoms with Crippen LogP contribution >= 0.6 is 11.8 Å². The van der Waals surface area contributed by atoms with Crippen molar-refractivity contribution in [3.8, 4) is 0 Å². The average molecular weight is 221 g/mol. The number of hydrogen-bond acceptors (Lipinski definition) is 4. The minimum Gasteiger partial charge on any atom is -0.375 e. The Labute approximate surface area is 94.5 Å². The third-order valence-electron chi connectivity index (χ3n) is 2.44. The second-order valence-electron chi connectivity index (χ2n) is 3.37. The van der Waals surface area contributed by atoms with Crippen molar-refractivity contribution >= 4 is 23.3 Å². The number of nitrogens with one attached hydrogen (secondary N) is 1. The molecule has 80 valence electrons. The van der Waals surface area contributed by atoms with E-state index >= 15 is 0 Å². The molecule has 2 rings (SSSR count). The number of amidine groups is 1. The van der Waals surface area contributed by atoms with Gasteiger partial charge in [-0.25, -0.2) is 0 Å². The molecule has 1 aromatic rings. The van der Waals surface area contributed by atoms with Gasteiger partial charge in [0.15, 0.2) is 0 Å². The molecular weight excluding hydrogens is 206 g/mol. The van der Waals surface area contributed by atoms with Crippen molar-refractivity contribution in [1.29, 1.82) is 0 Å². The quantitative estimate of drug-likeness (QED) is 0.775. The van der Waals surface area contributed by atoms with Crippen LogP contribution in [0.15, 0.2) is 34.3 Å². The third-order valence-corrected chi connectivity index (χ3v) is 3.17. The lowest BCUT2D eigenvalue weighted by Crippen LogP contribution is -2.14. The number of hydrazone groups is 1. The third kappa shape index (κ3) is 2.26. The van der Waals surface area contributed by atoms with Crippen molar-refractivity contribution in [3.05, 3.63) is 24.3 Å². The molecule has 1 aliphatic rings. The maximum absolute atomic E-state index is 4.48. The van der Waals surface area contributed by atoms with Crippen LogP contribution in [0, 0.1) is 0 Å². The van der Waals surface area contributed by atoms with Crippen LogP contribution in [0.5, 0.6) is 0 Å². The van der Waals surface area contributed by atoms with Crippen molar-refractivity contribution in [2.45, 2.75) is 11.3 Å². The highest BCUT2D eigenvalue weighted by Gasteiger charge is 2.14. The predicted octanol–water partition coefficient (Wildman–Crippen LogP) is 2.15. The summed E-state index contributed by atoms with van der Waals surface area (Å²) >= 11 is 1.76. The zero-order valence-electron chi connectivity index (χ0n) is 9.03. The Balaban J connectivity index is 2.19. The molecule has 0 fully saturated rings. The highest BCUT2D eigenvalue weighted by atomic mass is 32.2. The topological polar surface area (TPSA) is 27.6 Å². The Hall–Kier alpha value is -1.16. The number of benzene rings is 1. The largest absolute Gasteiger partial charge is 0.375 e.